The summed E-state index contributed by atoms with van der Waals surface area (Å²) < 4.78 is 17.2. The molecule has 1 atom stereocenters. The fourth-order valence-corrected chi connectivity index (χ4v) is 4.80. The van der Waals surface area contributed by atoms with E-state index >= 15 is 0 Å². The number of ether oxygens (including phenoxy) is 3. The number of cyclic esters (lactones) is 1. The molecule has 35 heavy (non-hydrogen) atoms. The molecular formula is C26H25BrN2O6. The van der Waals surface area contributed by atoms with Crippen LogP contribution in [0.5, 0.6) is 0 Å². The highest BCUT2D eigenvalue weighted by molar-refractivity contribution is 9.10. The van der Waals surface area contributed by atoms with Crippen LogP contribution in [0.2, 0.25) is 0 Å². The first-order valence-electron chi connectivity index (χ1n) is 11.3. The second kappa shape index (κ2) is 9.95. The number of fused-ring (bicyclic) bond motifs is 2. The zero-order chi connectivity index (χ0) is 25.2. The van der Waals surface area contributed by atoms with E-state index in [1.165, 1.54) is 0 Å². The van der Waals surface area contributed by atoms with E-state index in [1.54, 1.807) is 37.3 Å². The van der Waals surface area contributed by atoms with Gasteiger partial charge in [0.15, 0.2) is 5.41 Å². The number of hydrogen-bond donors (Lipinski definition) is 2. The Hall–Kier alpha value is -3.59. The third-order valence-electron chi connectivity index (χ3n) is 5.85. The van der Waals surface area contributed by atoms with Crippen molar-refractivity contribution in [3.05, 3.63) is 86.9 Å². The van der Waals surface area contributed by atoms with Crippen molar-refractivity contribution in [2.24, 2.45) is 5.73 Å². The quantitative estimate of drug-likeness (QED) is 0.396. The molecule has 0 aromatic heterocycles. The van der Waals surface area contributed by atoms with Gasteiger partial charge in [0.05, 0.1) is 6.61 Å². The first-order chi connectivity index (χ1) is 16.8. The van der Waals surface area contributed by atoms with E-state index in [9.17, 15) is 14.4 Å². The Balaban J connectivity index is 1.93. The fourth-order valence-electron chi connectivity index (χ4n) is 4.43. The van der Waals surface area contributed by atoms with Gasteiger partial charge in [-0.1, -0.05) is 53.2 Å². The minimum atomic E-state index is -1.95. The van der Waals surface area contributed by atoms with Gasteiger partial charge in [-0.15, -0.1) is 0 Å². The molecule has 2 aliphatic rings. The Kier molecular flexibility index (Phi) is 6.98. The van der Waals surface area contributed by atoms with Crippen LogP contribution in [0.15, 0.2) is 75.7 Å². The van der Waals surface area contributed by atoms with Crippen LogP contribution < -0.4 is 11.1 Å². The summed E-state index contributed by atoms with van der Waals surface area (Å²) in [5, 5.41) is 2.98. The number of hydrogen-bond acceptors (Lipinski definition) is 8. The van der Waals surface area contributed by atoms with Crippen LogP contribution in [0, 0.1) is 0 Å². The monoisotopic (exact) mass is 540 g/mol. The van der Waals surface area contributed by atoms with E-state index < -0.39 is 23.3 Å². The normalized spacial score (nSPS) is 18.8. The van der Waals surface area contributed by atoms with E-state index in [0.717, 1.165) is 5.56 Å². The van der Waals surface area contributed by atoms with Crippen molar-refractivity contribution in [2.75, 3.05) is 11.9 Å². The second-order valence-electron chi connectivity index (χ2n) is 8.07. The molecule has 2 aromatic rings. The van der Waals surface area contributed by atoms with E-state index in [0.29, 0.717) is 28.6 Å². The molecule has 0 saturated carbocycles. The summed E-state index contributed by atoms with van der Waals surface area (Å²) in [4.78, 5) is 40.7. The second-order valence-corrected chi connectivity index (χ2v) is 8.99. The fraction of sp³-hybridized carbons (Fsp3) is 0.269. The lowest BCUT2D eigenvalue weighted by molar-refractivity contribution is -0.147. The number of carbonyl (C=O) groups excluding carboxylic acids is 3. The van der Waals surface area contributed by atoms with Gasteiger partial charge in [-0.25, -0.2) is 14.4 Å². The SMILES string of the molecule is CCCC1=C(C(=O)OCC)C2(C(=O)O1)C(C(=O)OCc1ccccc1)=C(N)Nc1ccc(Br)cc12. The summed E-state index contributed by atoms with van der Waals surface area (Å²) in [6, 6.07) is 14.2. The van der Waals surface area contributed by atoms with Gasteiger partial charge in [0.2, 0.25) is 0 Å². The summed E-state index contributed by atoms with van der Waals surface area (Å²) >= 11 is 3.43. The summed E-state index contributed by atoms with van der Waals surface area (Å²) in [7, 11) is 0. The van der Waals surface area contributed by atoms with Crippen LogP contribution in [0.1, 0.15) is 37.8 Å². The van der Waals surface area contributed by atoms with Crippen LogP contribution in [0.25, 0.3) is 0 Å². The third kappa shape index (κ3) is 4.20. The van der Waals surface area contributed by atoms with Gasteiger partial charge in [-0.3, -0.25) is 0 Å². The number of halogens is 1. The van der Waals surface area contributed by atoms with Gasteiger partial charge in [0.1, 0.15) is 29.3 Å². The molecule has 8 nitrogen and oxygen atoms in total. The molecule has 0 amide bonds. The third-order valence-corrected chi connectivity index (χ3v) is 6.34. The zero-order valence-electron chi connectivity index (χ0n) is 19.4. The summed E-state index contributed by atoms with van der Waals surface area (Å²) in [6.45, 7) is 3.57. The van der Waals surface area contributed by atoms with Crippen molar-refractivity contribution in [1.29, 1.82) is 0 Å². The molecule has 3 N–H and O–H groups in total. The molecule has 1 spiro atoms. The molecule has 0 aliphatic carbocycles. The van der Waals surface area contributed by atoms with E-state index in [-0.39, 0.29) is 35.9 Å². The number of rotatable bonds is 7. The summed E-state index contributed by atoms with van der Waals surface area (Å²) in [5.41, 5.74) is 5.69. The van der Waals surface area contributed by atoms with Crippen LogP contribution >= 0.6 is 15.9 Å². The van der Waals surface area contributed by atoms with Gasteiger partial charge < -0.3 is 25.3 Å². The van der Waals surface area contributed by atoms with Crippen LogP contribution in [0.3, 0.4) is 0 Å². The number of allylic oxidation sites excluding steroid dienone is 1. The minimum absolute atomic E-state index is 0.0484. The van der Waals surface area contributed by atoms with Crippen molar-refractivity contribution < 1.29 is 28.6 Å². The van der Waals surface area contributed by atoms with Crippen molar-refractivity contribution >= 4 is 39.5 Å². The molecule has 1 unspecified atom stereocenters. The highest BCUT2D eigenvalue weighted by Crippen LogP contribution is 2.53. The largest absolute Gasteiger partial charge is 0.462 e. The standard InChI is InChI=1S/C26H25BrN2O6/c1-3-8-19-20(23(30)33-4-2)26(25(32)35-19)17-13-16(27)11-12-18(17)29-22(28)21(26)24(31)34-14-15-9-6-5-7-10-15/h5-7,9-13,29H,3-4,8,14,28H2,1-2H3. The van der Waals surface area contributed by atoms with Crippen molar-refractivity contribution in [1.82, 2.24) is 0 Å². The first kappa shape index (κ1) is 24.5. The molecule has 182 valence electrons. The number of anilines is 1. The lowest BCUT2D eigenvalue weighted by Gasteiger charge is -2.36. The number of benzene rings is 2. The van der Waals surface area contributed by atoms with Gasteiger partial charge in [0, 0.05) is 22.1 Å². The molecule has 4 rings (SSSR count). The molecule has 9 heteroatoms. The van der Waals surface area contributed by atoms with E-state index in [2.05, 4.69) is 21.2 Å². The van der Waals surface area contributed by atoms with Crippen molar-refractivity contribution in [3.63, 3.8) is 0 Å². The van der Waals surface area contributed by atoms with Gasteiger partial charge >= 0.3 is 17.9 Å². The molecule has 2 aliphatic heterocycles. The maximum Gasteiger partial charge on any atom is 0.339 e. The Bertz CT molecular complexity index is 1250. The Morgan fingerprint density at radius 2 is 1.77 bits per heavy atom. The average molecular weight is 541 g/mol. The molecule has 0 saturated heterocycles. The van der Waals surface area contributed by atoms with Crippen molar-refractivity contribution in [2.45, 2.75) is 38.7 Å². The highest BCUT2D eigenvalue weighted by atomic mass is 79.9. The topological polar surface area (TPSA) is 117 Å². The smallest absolute Gasteiger partial charge is 0.339 e. The van der Waals surface area contributed by atoms with E-state index in [4.69, 9.17) is 19.9 Å². The number of nitrogens with two attached hydrogens (primary N) is 1. The molecular weight excluding hydrogens is 516 g/mol. The molecule has 2 heterocycles. The number of esters is 3. The maximum atomic E-state index is 13.8. The minimum Gasteiger partial charge on any atom is -0.462 e. The lowest BCUT2D eigenvalue weighted by Crippen LogP contribution is -2.47. The Morgan fingerprint density at radius 1 is 1.06 bits per heavy atom. The summed E-state index contributed by atoms with van der Waals surface area (Å²) in [6.07, 6.45) is 0.892. The van der Waals surface area contributed by atoms with E-state index in [1.807, 2.05) is 25.1 Å². The van der Waals surface area contributed by atoms with Gasteiger partial charge in [-0.2, -0.15) is 0 Å². The molecule has 0 fully saturated rings. The average Bonchev–Trinajstić information content (AvgIpc) is 3.11. The zero-order valence-corrected chi connectivity index (χ0v) is 20.9. The maximum absolute atomic E-state index is 13.8. The number of carbonyl (C=O) groups is 3. The van der Waals surface area contributed by atoms with Gasteiger partial charge in [-0.05, 0) is 37.1 Å². The predicted octanol–water partition coefficient (Wildman–Crippen LogP) is 4.20. The molecule has 0 radical (unpaired) electrons. The molecule has 0 bridgehead atoms. The van der Waals surface area contributed by atoms with Gasteiger partial charge in [0.25, 0.3) is 0 Å². The van der Waals surface area contributed by atoms with Crippen LogP contribution in [-0.4, -0.2) is 24.5 Å². The first-order valence-corrected chi connectivity index (χ1v) is 12.0. The predicted molar refractivity (Wildman–Crippen MR) is 132 cm³/mol. The Morgan fingerprint density at radius 3 is 2.46 bits per heavy atom. The Labute approximate surface area is 211 Å². The highest BCUT2D eigenvalue weighted by Gasteiger charge is 2.63. The molecule has 2 aromatic carbocycles. The lowest BCUT2D eigenvalue weighted by atomic mass is 9.66. The van der Waals surface area contributed by atoms with Crippen molar-refractivity contribution in [3.8, 4) is 0 Å². The number of nitrogens with one attached hydrogen (secondary N) is 1. The van der Waals surface area contributed by atoms with Crippen LogP contribution in [-0.2, 0) is 40.6 Å². The van der Waals surface area contributed by atoms with Crippen LogP contribution in [0.4, 0.5) is 5.69 Å². The summed E-state index contributed by atoms with van der Waals surface area (Å²) in [5.74, 6) is -2.35.